The molecule has 3 saturated heterocycles. The van der Waals surface area contributed by atoms with Crippen LogP contribution in [0.3, 0.4) is 0 Å². The van der Waals surface area contributed by atoms with Crippen LogP contribution in [0.2, 0.25) is 0 Å². The average molecular weight is 310 g/mol. The second-order valence-electron chi connectivity index (χ2n) is 8.02. The third kappa shape index (κ3) is 1.04. The van der Waals surface area contributed by atoms with Gasteiger partial charge >= 0.3 is 11.9 Å². The molecule has 7 nitrogen and oxygen atoms in total. The summed E-state index contributed by atoms with van der Waals surface area (Å²) in [5.41, 5.74) is -3.72. The maximum atomic E-state index is 12.4. The van der Waals surface area contributed by atoms with Crippen molar-refractivity contribution in [1.82, 2.24) is 0 Å². The van der Waals surface area contributed by atoms with Crippen molar-refractivity contribution in [1.29, 1.82) is 0 Å². The zero-order valence-corrected chi connectivity index (χ0v) is 12.5. The molecule has 2 N–H and O–H groups in total. The lowest BCUT2D eigenvalue weighted by Crippen LogP contribution is -2.69. The van der Waals surface area contributed by atoms with Crippen LogP contribution in [-0.2, 0) is 23.8 Å². The fourth-order valence-electron chi connectivity index (χ4n) is 5.78. The Hall–Kier alpha value is -1.18. The molecule has 0 unspecified atom stereocenters. The smallest absolute Gasteiger partial charge is 0.312 e. The van der Waals surface area contributed by atoms with Crippen molar-refractivity contribution in [3.05, 3.63) is 0 Å². The predicted molar refractivity (Wildman–Crippen MR) is 68.2 cm³/mol. The van der Waals surface area contributed by atoms with E-state index in [0.29, 0.717) is 0 Å². The molecule has 5 aliphatic rings. The Labute approximate surface area is 126 Å². The first kappa shape index (κ1) is 13.3. The summed E-state index contributed by atoms with van der Waals surface area (Å²) in [6, 6.07) is 0. The van der Waals surface area contributed by atoms with Crippen molar-refractivity contribution in [2.45, 2.75) is 56.4 Å². The van der Waals surface area contributed by atoms with E-state index >= 15 is 0 Å². The maximum absolute atomic E-state index is 12.4. The van der Waals surface area contributed by atoms with E-state index in [0.717, 1.165) is 0 Å². The first-order valence-electron chi connectivity index (χ1n) is 7.64. The van der Waals surface area contributed by atoms with E-state index in [4.69, 9.17) is 14.2 Å². The van der Waals surface area contributed by atoms with Gasteiger partial charge in [-0.1, -0.05) is 6.92 Å². The standard InChI is InChI=1S/C15H18O7/c1-13(2,18)4-5-11(16)21-7(4)9-14(3)6(12(17)22-9)8-10(20-8)15(5,14)19/h4-10,18-19H,1-3H3/t4-,5+,6-,7+,8-,9+,10-,14+,15-/m0/s1. The minimum absolute atomic E-state index is 0.401. The highest BCUT2D eigenvalue weighted by Gasteiger charge is 2.91. The van der Waals surface area contributed by atoms with Gasteiger partial charge in [0, 0.05) is 5.92 Å². The van der Waals surface area contributed by atoms with Gasteiger partial charge in [0.15, 0.2) is 0 Å². The number of ether oxygens (including phenoxy) is 3. The second kappa shape index (κ2) is 3.20. The Morgan fingerprint density at radius 3 is 2.32 bits per heavy atom. The number of carbonyl (C=O) groups is 2. The molecule has 0 spiro atoms. The lowest BCUT2D eigenvalue weighted by molar-refractivity contribution is -0.225. The van der Waals surface area contributed by atoms with Crippen LogP contribution < -0.4 is 0 Å². The van der Waals surface area contributed by atoms with E-state index in [1.807, 2.05) is 0 Å². The Kier molecular flexibility index (Phi) is 1.93. The van der Waals surface area contributed by atoms with Crippen molar-refractivity contribution < 1.29 is 34.0 Å². The van der Waals surface area contributed by atoms with Crippen LogP contribution in [0.1, 0.15) is 20.8 Å². The molecule has 0 aromatic rings. The van der Waals surface area contributed by atoms with E-state index in [1.165, 1.54) is 0 Å². The van der Waals surface area contributed by atoms with Crippen molar-refractivity contribution in [3.8, 4) is 0 Å². The van der Waals surface area contributed by atoms with Crippen LogP contribution in [0.15, 0.2) is 0 Å². The molecule has 0 amide bonds. The van der Waals surface area contributed by atoms with Crippen LogP contribution in [-0.4, -0.2) is 57.8 Å². The van der Waals surface area contributed by atoms with E-state index in [-0.39, 0.29) is 0 Å². The highest BCUT2D eigenvalue weighted by molar-refractivity contribution is 5.85. The van der Waals surface area contributed by atoms with Crippen molar-refractivity contribution in [3.63, 3.8) is 0 Å². The summed E-state index contributed by atoms with van der Waals surface area (Å²) in [4.78, 5) is 24.7. The number of hydrogen-bond acceptors (Lipinski definition) is 7. The molecular weight excluding hydrogens is 292 g/mol. The quantitative estimate of drug-likeness (QED) is 0.472. The fourth-order valence-corrected chi connectivity index (χ4v) is 5.78. The highest BCUT2D eigenvalue weighted by atomic mass is 16.6. The Bertz CT molecular complexity index is 624. The van der Waals surface area contributed by atoms with Gasteiger partial charge in [-0.05, 0) is 13.8 Å². The molecule has 0 aromatic carbocycles. The molecule has 2 bridgehead atoms. The zero-order valence-electron chi connectivity index (χ0n) is 12.5. The van der Waals surface area contributed by atoms with E-state index in [2.05, 4.69) is 0 Å². The third-order valence-electron chi connectivity index (χ3n) is 6.69. The van der Waals surface area contributed by atoms with Gasteiger partial charge in [-0.2, -0.15) is 0 Å². The molecule has 120 valence electrons. The molecule has 0 radical (unpaired) electrons. The second-order valence-corrected chi connectivity index (χ2v) is 8.02. The first-order valence-corrected chi connectivity index (χ1v) is 7.64. The molecule has 9 atom stereocenters. The summed E-state index contributed by atoms with van der Waals surface area (Å²) in [5, 5.41) is 22.0. The number of carbonyl (C=O) groups excluding carboxylic acids is 2. The van der Waals surface area contributed by atoms with E-state index in [9.17, 15) is 19.8 Å². The summed E-state index contributed by atoms with van der Waals surface area (Å²) in [6.07, 6.45) is -2.44. The van der Waals surface area contributed by atoms with Crippen molar-refractivity contribution in [2.24, 2.45) is 23.2 Å². The molecular formula is C15H18O7. The molecule has 2 saturated carbocycles. The van der Waals surface area contributed by atoms with Crippen molar-refractivity contribution >= 4 is 11.9 Å². The first-order chi connectivity index (χ1) is 10.1. The van der Waals surface area contributed by atoms with Gasteiger partial charge in [0.25, 0.3) is 0 Å². The number of hydrogen-bond donors (Lipinski definition) is 2. The normalized spacial score (nSPS) is 60.7. The van der Waals surface area contributed by atoms with Gasteiger partial charge in [0.2, 0.25) is 0 Å². The number of rotatable bonds is 1. The largest absolute Gasteiger partial charge is 0.458 e. The van der Waals surface area contributed by atoms with E-state index in [1.54, 1.807) is 20.8 Å². The summed E-state index contributed by atoms with van der Waals surface area (Å²) < 4.78 is 16.5. The molecule has 3 heterocycles. The lowest BCUT2D eigenvalue weighted by atomic mass is 9.52. The van der Waals surface area contributed by atoms with Gasteiger partial charge in [-0.3, -0.25) is 9.59 Å². The van der Waals surface area contributed by atoms with Crippen LogP contribution >= 0.6 is 0 Å². The van der Waals surface area contributed by atoms with Gasteiger partial charge in [-0.15, -0.1) is 0 Å². The zero-order chi connectivity index (χ0) is 15.8. The Morgan fingerprint density at radius 1 is 1.05 bits per heavy atom. The topological polar surface area (TPSA) is 106 Å². The summed E-state index contributed by atoms with van der Waals surface area (Å²) in [7, 11) is 0. The summed E-state index contributed by atoms with van der Waals surface area (Å²) >= 11 is 0. The molecule has 5 fully saturated rings. The minimum atomic E-state index is -1.55. The molecule has 7 heteroatoms. The monoisotopic (exact) mass is 310 g/mol. The minimum Gasteiger partial charge on any atom is -0.458 e. The predicted octanol–water partition coefficient (Wildman–Crippen LogP) is -1.01. The number of aliphatic hydroxyl groups is 2. The Balaban J connectivity index is 1.76. The van der Waals surface area contributed by atoms with Gasteiger partial charge in [0.1, 0.15) is 30.0 Å². The van der Waals surface area contributed by atoms with Crippen molar-refractivity contribution in [2.75, 3.05) is 0 Å². The third-order valence-corrected chi connectivity index (χ3v) is 6.69. The molecule has 3 aliphatic heterocycles. The van der Waals surface area contributed by atoms with Gasteiger partial charge < -0.3 is 24.4 Å². The number of fused-ring (bicyclic) bond motifs is 7. The molecule has 22 heavy (non-hydrogen) atoms. The van der Waals surface area contributed by atoms with Crippen LogP contribution in [0.5, 0.6) is 0 Å². The summed E-state index contributed by atoms with van der Waals surface area (Å²) in [5.74, 6) is -3.07. The van der Waals surface area contributed by atoms with Crippen LogP contribution in [0.25, 0.3) is 0 Å². The highest BCUT2D eigenvalue weighted by Crippen LogP contribution is 2.73. The SMILES string of the molecule is CC(C)(O)[C@@H]1[C@H]2OC(=O)[C@@H]1[C@]1(O)[C@H]3O[C@H]3[C@H]3C(=O)O[C@H]2[C@@]31C. The average Bonchev–Trinajstić information content (AvgIpc) is 2.96. The molecule has 0 aromatic heterocycles. The van der Waals surface area contributed by atoms with Crippen LogP contribution in [0.4, 0.5) is 0 Å². The fraction of sp³-hybridized carbons (Fsp3) is 0.867. The molecule has 2 aliphatic carbocycles. The summed E-state index contributed by atoms with van der Waals surface area (Å²) in [6.45, 7) is 4.95. The van der Waals surface area contributed by atoms with Crippen LogP contribution in [0, 0.1) is 23.2 Å². The number of esters is 2. The number of epoxide rings is 1. The molecule has 5 rings (SSSR count). The lowest BCUT2D eigenvalue weighted by Gasteiger charge is -2.53. The van der Waals surface area contributed by atoms with E-state index < -0.39 is 70.7 Å². The van der Waals surface area contributed by atoms with Gasteiger partial charge in [0.05, 0.1) is 22.9 Å². The Morgan fingerprint density at radius 2 is 1.68 bits per heavy atom. The maximum Gasteiger partial charge on any atom is 0.312 e. The van der Waals surface area contributed by atoms with Gasteiger partial charge in [-0.25, -0.2) is 0 Å².